The van der Waals surface area contributed by atoms with Crippen molar-refractivity contribution in [2.75, 3.05) is 26.8 Å². The molecule has 0 fully saturated rings. The van der Waals surface area contributed by atoms with Gasteiger partial charge in [-0.15, -0.1) is 0 Å². The highest BCUT2D eigenvalue weighted by Crippen LogP contribution is 2.16. The van der Waals surface area contributed by atoms with Crippen molar-refractivity contribution in [3.8, 4) is 5.75 Å². The van der Waals surface area contributed by atoms with Gasteiger partial charge in [0.2, 0.25) is 0 Å². The highest BCUT2D eigenvalue weighted by molar-refractivity contribution is 5.90. The Morgan fingerprint density at radius 1 is 1.19 bits per heavy atom. The van der Waals surface area contributed by atoms with Crippen LogP contribution in [0.2, 0.25) is 0 Å². The molecule has 0 aliphatic carbocycles. The van der Waals surface area contributed by atoms with E-state index in [1.807, 2.05) is 38.1 Å². The minimum atomic E-state index is -0.412. The number of nitrogens with one attached hydrogen (secondary N) is 2. The third kappa shape index (κ3) is 6.36. The van der Waals surface area contributed by atoms with Crippen LogP contribution in [-0.4, -0.2) is 38.7 Å². The maximum atomic E-state index is 11.6. The lowest BCUT2D eigenvalue weighted by Gasteiger charge is -2.12. The van der Waals surface area contributed by atoms with E-state index in [0.29, 0.717) is 42.7 Å². The fraction of sp³-hybridized carbons (Fsp3) is 0.400. The van der Waals surface area contributed by atoms with Crippen molar-refractivity contribution >= 4 is 11.9 Å². The van der Waals surface area contributed by atoms with Crippen LogP contribution in [0.5, 0.6) is 5.75 Å². The lowest BCUT2D eigenvalue weighted by atomic mass is 10.2. The highest BCUT2D eigenvalue weighted by Gasteiger charge is 2.15. The fourth-order valence-electron chi connectivity index (χ4n) is 2.41. The maximum Gasteiger partial charge on any atom is 0.341 e. The van der Waals surface area contributed by atoms with Crippen molar-refractivity contribution in [3.63, 3.8) is 0 Å². The molecule has 7 heteroatoms. The Labute approximate surface area is 159 Å². The topological polar surface area (TPSA) is 85.1 Å². The van der Waals surface area contributed by atoms with Gasteiger partial charge in [0.05, 0.1) is 13.7 Å². The van der Waals surface area contributed by atoms with Crippen LogP contribution >= 0.6 is 0 Å². The molecule has 0 atom stereocenters. The van der Waals surface area contributed by atoms with Gasteiger partial charge in [-0.25, -0.2) is 9.79 Å². The first kappa shape index (κ1) is 20.4. The van der Waals surface area contributed by atoms with Gasteiger partial charge in [-0.05, 0) is 39.0 Å². The summed E-state index contributed by atoms with van der Waals surface area (Å²) in [6.45, 7) is 7.92. The number of nitrogens with zero attached hydrogens (tertiary/aromatic N) is 1. The number of carbonyl (C=O) groups excluding carboxylic acids is 1. The summed E-state index contributed by atoms with van der Waals surface area (Å²) in [7, 11) is 1.35. The average Bonchev–Trinajstić information content (AvgIpc) is 3.04. The number of rotatable bonds is 8. The zero-order valence-electron chi connectivity index (χ0n) is 16.3. The minimum absolute atomic E-state index is 0.311. The van der Waals surface area contributed by atoms with Crippen LogP contribution in [-0.2, 0) is 11.3 Å². The molecule has 0 saturated heterocycles. The zero-order chi connectivity index (χ0) is 19.6. The molecule has 1 aromatic carbocycles. The highest BCUT2D eigenvalue weighted by atomic mass is 16.5. The first-order valence-electron chi connectivity index (χ1n) is 8.92. The van der Waals surface area contributed by atoms with Crippen LogP contribution in [0.1, 0.15) is 34.4 Å². The van der Waals surface area contributed by atoms with Crippen molar-refractivity contribution in [2.24, 2.45) is 4.99 Å². The molecule has 0 amide bonds. The molecule has 1 aromatic heterocycles. The molecule has 0 spiro atoms. The predicted molar refractivity (Wildman–Crippen MR) is 104 cm³/mol. The lowest BCUT2D eigenvalue weighted by molar-refractivity contribution is 0.0599. The van der Waals surface area contributed by atoms with E-state index in [9.17, 15) is 4.79 Å². The van der Waals surface area contributed by atoms with Crippen LogP contribution < -0.4 is 15.4 Å². The SMILES string of the molecule is CCNC(=NCc1cc(C(=O)OC)c(C)o1)NCCOc1ccc(C)cc1. The molecule has 0 radical (unpaired) electrons. The Bertz CT molecular complexity index is 766. The summed E-state index contributed by atoms with van der Waals surface area (Å²) in [6, 6.07) is 9.60. The van der Waals surface area contributed by atoms with E-state index in [1.165, 1.54) is 12.7 Å². The molecule has 0 unspecified atom stereocenters. The second-order valence-electron chi connectivity index (χ2n) is 5.96. The number of aryl methyl sites for hydroxylation is 2. The number of aliphatic imine (C=N–C) groups is 1. The molecule has 27 heavy (non-hydrogen) atoms. The average molecular weight is 373 g/mol. The van der Waals surface area contributed by atoms with Crippen LogP contribution in [0, 0.1) is 13.8 Å². The van der Waals surface area contributed by atoms with E-state index >= 15 is 0 Å². The van der Waals surface area contributed by atoms with Crippen molar-refractivity contribution in [1.82, 2.24) is 10.6 Å². The molecule has 146 valence electrons. The lowest BCUT2D eigenvalue weighted by Crippen LogP contribution is -2.39. The standard InChI is InChI=1S/C20H27N3O4/c1-5-21-20(22-10-11-26-16-8-6-14(2)7-9-16)23-13-17-12-18(15(3)27-17)19(24)25-4/h6-9,12H,5,10-11,13H2,1-4H3,(H2,21,22,23). The second kappa shape index (κ2) is 10.3. The number of hydrogen-bond donors (Lipinski definition) is 2. The quantitative estimate of drug-likeness (QED) is 0.320. The Hall–Kier alpha value is -2.96. The van der Waals surface area contributed by atoms with E-state index in [1.54, 1.807) is 13.0 Å². The maximum absolute atomic E-state index is 11.6. The van der Waals surface area contributed by atoms with Gasteiger partial charge in [0, 0.05) is 6.54 Å². The van der Waals surface area contributed by atoms with Gasteiger partial charge in [-0.3, -0.25) is 0 Å². The molecule has 7 nitrogen and oxygen atoms in total. The molecule has 2 rings (SSSR count). The van der Waals surface area contributed by atoms with Crippen molar-refractivity contribution in [1.29, 1.82) is 0 Å². The molecule has 0 bridgehead atoms. The molecule has 0 aliphatic heterocycles. The van der Waals surface area contributed by atoms with Gasteiger partial charge >= 0.3 is 5.97 Å². The number of guanidine groups is 1. The van der Waals surface area contributed by atoms with Gasteiger partial charge < -0.3 is 24.5 Å². The van der Waals surface area contributed by atoms with E-state index in [0.717, 1.165) is 12.3 Å². The molecule has 0 saturated carbocycles. The van der Waals surface area contributed by atoms with Gasteiger partial charge in [0.1, 0.15) is 36.0 Å². The first-order valence-corrected chi connectivity index (χ1v) is 8.92. The van der Waals surface area contributed by atoms with Crippen molar-refractivity contribution in [3.05, 3.63) is 53.0 Å². The number of methoxy groups -OCH3 is 1. The first-order chi connectivity index (χ1) is 13.0. The second-order valence-corrected chi connectivity index (χ2v) is 5.96. The molecular weight excluding hydrogens is 346 g/mol. The van der Waals surface area contributed by atoms with Crippen LogP contribution in [0.15, 0.2) is 39.7 Å². The third-order valence-electron chi connectivity index (χ3n) is 3.80. The van der Waals surface area contributed by atoms with Crippen LogP contribution in [0.3, 0.4) is 0 Å². The van der Waals surface area contributed by atoms with E-state index in [4.69, 9.17) is 13.9 Å². The van der Waals surface area contributed by atoms with Crippen LogP contribution in [0.25, 0.3) is 0 Å². The number of hydrogen-bond acceptors (Lipinski definition) is 5. The summed E-state index contributed by atoms with van der Waals surface area (Å²) in [5, 5.41) is 6.37. The van der Waals surface area contributed by atoms with Gasteiger partial charge in [-0.1, -0.05) is 17.7 Å². The third-order valence-corrected chi connectivity index (χ3v) is 3.80. The smallest absolute Gasteiger partial charge is 0.341 e. The minimum Gasteiger partial charge on any atom is -0.492 e. The van der Waals surface area contributed by atoms with Crippen molar-refractivity contribution < 1.29 is 18.7 Å². The van der Waals surface area contributed by atoms with E-state index in [-0.39, 0.29) is 0 Å². The van der Waals surface area contributed by atoms with Crippen LogP contribution in [0.4, 0.5) is 0 Å². The van der Waals surface area contributed by atoms with Gasteiger partial charge in [0.25, 0.3) is 0 Å². The summed E-state index contributed by atoms with van der Waals surface area (Å²) in [6.07, 6.45) is 0. The summed E-state index contributed by atoms with van der Waals surface area (Å²) in [5.74, 6) is 2.20. The molecule has 0 aliphatic rings. The summed E-state index contributed by atoms with van der Waals surface area (Å²) >= 11 is 0. The van der Waals surface area contributed by atoms with Gasteiger partial charge in [0.15, 0.2) is 5.96 Å². The van der Waals surface area contributed by atoms with Crippen molar-refractivity contribution in [2.45, 2.75) is 27.3 Å². The monoisotopic (exact) mass is 373 g/mol. The number of benzene rings is 1. The Morgan fingerprint density at radius 3 is 2.59 bits per heavy atom. The summed E-state index contributed by atoms with van der Waals surface area (Å²) in [5.41, 5.74) is 1.62. The Balaban J connectivity index is 1.86. The summed E-state index contributed by atoms with van der Waals surface area (Å²) < 4.78 is 16.0. The number of furan rings is 1. The Morgan fingerprint density at radius 2 is 1.93 bits per heavy atom. The fourth-order valence-corrected chi connectivity index (χ4v) is 2.41. The van der Waals surface area contributed by atoms with E-state index < -0.39 is 5.97 Å². The largest absolute Gasteiger partial charge is 0.492 e. The normalized spacial score (nSPS) is 11.2. The molecule has 1 heterocycles. The predicted octanol–water partition coefficient (Wildman–Crippen LogP) is 2.82. The molecule has 2 N–H and O–H groups in total. The number of ether oxygens (including phenoxy) is 2. The molecular formula is C20H27N3O4. The Kier molecular flexibility index (Phi) is 7.73. The summed E-state index contributed by atoms with van der Waals surface area (Å²) in [4.78, 5) is 16.1. The number of esters is 1. The molecule has 2 aromatic rings. The number of carbonyl (C=O) groups is 1. The van der Waals surface area contributed by atoms with E-state index in [2.05, 4.69) is 15.6 Å². The zero-order valence-corrected chi connectivity index (χ0v) is 16.3. The van der Waals surface area contributed by atoms with Gasteiger partial charge in [-0.2, -0.15) is 0 Å².